The summed E-state index contributed by atoms with van der Waals surface area (Å²) in [6.45, 7) is 2.69. The number of halogens is 2. The van der Waals surface area contributed by atoms with Crippen LogP contribution in [0.1, 0.15) is 23.7 Å². The number of rotatable bonds is 6. The van der Waals surface area contributed by atoms with Crippen molar-refractivity contribution in [2.24, 2.45) is 0 Å². The van der Waals surface area contributed by atoms with Gasteiger partial charge in [0.25, 0.3) is 11.6 Å². The molecule has 0 aliphatic carbocycles. The van der Waals surface area contributed by atoms with Gasteiger partial charge in [-0.15, -0.1) is 11.6 Å². The third-order valence-electron chi connectivity index (χ3n) is 2.63. The Morgan fingerprint density at radius 3 is 2.68 bits per heavy atom. The summed E-state index contributed by atoms with van der Waals surface area (Å²) in [6, 6.07) is 4.19. The molecular formula is C12H14Cl2N2O3. The molecule has 0 heterocycles. The Kier molecular flexibility index (Phi) is 6.05. The van der Waals surface area contributed by atoms with E-state index in [1.165, 1.54) is 23.1 Å². The lowest BCUT2D eigenvalue weighted by Gasteiger charge is -2.20. The van der Waals surface area contributed by atoms with Gasteiger partial charge in [-0.1, -0.05) is 17.7 Å². The van der Waals surface area contributed by atoms with E-state index in [0.29, 0.717) is 25.4 Å². The van der Waals surface area contributed by atoms with Crippen LogP contribution in [-0.2, 0) is 0 Å². The zero-order chi connectivity index (χ0) is 14.4. The lowest BCUT2D eigenvalue weighted by atomic mass is 10.1. The molecule has 0 saturated carbocycles. The van der Waals surface area contributed by atoms with Crippen LogP contribution in [0.25, 0.3) is 0 Å². The highest BCUT2D eigenvalue weighted by atomic mass is 35.5. The molecule has 0 N–H and O–H groups in total. The SMILES string of the molecule is CCN(CCCCl)C(=O)c1c(Cl)cccc1[N+](=O)[O-]. The van der Waals surface area contributed by atoms with Gasteiger partial charge in [-0.2, -0.15) is 0 Å². The minimum Gasteiger partial charge on any atom is -0.339 e. The standard InChI is InChI=1S/C12H14Cl2N2O3/c1-2-15(8-4-7-13)12(17)11-9(14)5-3-6-10(11)16(18)19/h3,5-6H,2,4,7-8H2,1H3. The smallest absolute Gasteiger partial charge is 0.283 e. The van der Waals surface area contributed by atoms with E-state index in [1.807, 2.05) is 0 Å². The molecule has 0 aliphatic rings. The van der Waals surface area contributed by atoms with Crippen molar-refractivity contribution in [3.8, 4) is 0 Å². The maximum Gasteiger partial charge on any atom is 0.283 e. The van der Waals surface area contributed by atoms with Crippen molar-refractivity contribution in [2.75, 3.05) is 19.0 Å². The molecule has 0 aliphatic heterocycles. The Hall–Kier alpha value is -1.33. The van der Waals surface area contributed by atoms with E-state index in [1.54, 1.807) is 6.92 Å². The van der Waals surface area contributed by atoms with Crippen LogP contribution in [0.4, 0.5) is 5.69 Å². The van der Waals surface area contributed by atoms with E-state index in [-0.39, 0.29) is 16.3 Å². The molecular weight excluding hydrogens is 291 g/mol. The molecule has 5 nitrogen and oxygen atoms in total. The number of carbonyl (C=O) groups excluding carboxylic acids is 1. The number of amides is 1. The molecule has 0 fully saturated rings. The fourth-order valence-corrected chi connectivity index (χ4v) is 2.06. The molecule has 19 heavy (non-hydrogen) atoms. The molecule has 0 radical (unpaired) electrons. The molecule has 1 rings (SSSR count). The number of benzene rings is 1. The van der Waals surface area contributed by atoms with Crippen LogP contribution in [0.3, 0.4) is 0 Å². The summed E-state index contributed by atoms with van der Waals surface area (Å²) in [6.07, 6.45) is 0.624. The van der Waals surface area contributed by atoms with Gasteiger partial charge in [-0.25, -0.2) is 0 Å². The summed E-state index contributed by atoms with van der Waals surface area (Å²) in [7, 11) is 0. The van der Waals surface area contributed by atoms with Crippen molar-refractivity contribution >= 4 is 34.8 Å². The molecule has 0 atom stereocenters. The number of nitrogens with zero attached hydrogens (tertiary/aromatic N) is 2. The zero-order valence-corrected chi connectivity index (χ0v) is 11.9. The average molecular weight is 305 g/mol. The molecule has 0 aromatic heterocycles. The Morgan fingerprint density at radius 2 is 2.16 bits per heavy atom. The lowest BCUT2D eigenvalue weighted by Crippen LogP contribution is -2.32. The van der Waals surface area contributed by atoms with Crippen LogP contribution in [0, 0.1) is 10.1 Å². The predicted molar refractivity (Wildman–Crippen MR) is 75.0 cm³/mol. The second-order valence-corrected chi connectivity index (χ2v) is 4.60. The van der Waals surface area contributed by atoms with Crippen molar-refractivity contribution in [3.05, 3.63) is 38.9 Å². The maximum atomic E-state index is 12.3. The molecule has 0 spiro atoms. The van der Waals surface area contributed by atoms with Gasteiger partial charge in [0.15, 0.2) is 0 Å². The van der Waals surface area contributed by atoms with Gasteiger partial charge in [0, 0.05) is 25.0 Å². The predicted octanol–water partition coefficient (Wildman–Crippen LogP) is 3.34. The van der Waals surface area contributed by atoms with Crippen LogP contribution < -0.4 is 0 Å². The van der Waals surface area contributed by atoms with E-state index in [0.717, 1.165) is 0 Å². The number of nitro groups is 1. The van der Waals surface area contributed by atoms with Crippen LogP contribution in [0.5, 0.6) is 0 Å². The van der Waals surface area contributed by atoms with Gasteiger partial charge in [0.05, 0.1) is 9.95 Å². The van der Waals surface area contributed by atoms with Crippen LogP contribution in [0.2, 0.25) is 5.02 Å². The van der Waals surface area contributed by atoms with Crippen molar-refractivity contribution in [2.45, 2.75) is 13.3 Å². The zero-order valence-electron chi connectivity index (χ0n) is 10.4. The summed E-state index contributed by atoms with van der Waals surface area (Å²) in [5, 5.41) is 11.0. The van der Waals surface area contributed by atoms with Gasteiger partial charge in [0.1, 0.15) is 5.56 Å². The van der Waals surface area contributed by atoms with E-state index in [4.69, 9.17) is 23.2 Å². The quantitative estimate of drug-likeness (QED) is 0.460. The first-order valence-electron chi connectivity index (χ1n) is 5.81. The summed E-state index contributed by atoms with van der Waals surface area (Å²) in [4.78, 5) is 24.2. The Balaban J connectivity index is 3.13. The molecule has 7 heteroatoms. The summed E-state index contributed by atoms with van der Waals surface area (Å²) in [5.74, 6) is -0.0149. The third kappa shape index (κ3) is 3.81. The first kappa shape index (κ1) is 15.7. The fraction of sp³-hybridized carbons (Fsp3) is 0.417. The van der Waals surface area contributed by atoms with E-state index in [9.17, 15) is 14.9 Å². The van der Waals surface area contributed by atoms with Crippen molar-refractivity contribution in [3.63, 3.8) is 0 Å². The average Bonchev–Trinajstić information content (AvgIpc) is 2.38. The Labute approximate surface area is 121 Å². The second-order valence-electron chi connectivity index (χ2n) is 3.82. The molecule has 0 unspecified atom stereocenters. The number of nitro benzene ring substituents is 1. The second kappa shape index (κ2) is 7.31. The molecule has 1 aromatic rings. The highest BCUT2D eigenvalue weighted by Crippen LogP contribution is 2.27. The van der Waals surface area contributed by atoms with Crippen molar-refractivity contribution in [1.29, 1.82) is 0 Å². The topological polar surface area (TPSA) is 63.5 Å². The summed E-state index contributed by atoms with van der Waals surface area (Å²) in [5.41, 5.74) is -0.340. The minimum atomic E-state index is -0.603. The largest absolute Gasteiger partial charge is 0.339 e. The van der Waals surface area contributed by atoms with Gasteiger partial charge < -0.3 is 4.90 Å². The number of carbonyl (C=O) groups is 1. The van der Waals surface area contributed by atoms with E-state index >= 15 is 0 Å². The van der Waals surface area contributed by atoms with Gasteiger partial charge in [-0.05, 0) is 19.4 Å². The van der Waals surface area contributed by atoms with Gasteiger partial charge in [-0.3, -0.25) is 14.9 Å². The van der Waals surface area contributed by atoms with E-state index in [2.05, 4.69) is 0 Å². The lowest BCUT2D eigenvalue weighted by molar-refractivity contribution is -0.385. The molecule has 104 valence electrons. The monoisotopic (exact) mass is 304 g/mol. The number of alkyl halides is 1. The Bertz CT molecular complexity index is 480. The van der Waals surface area contributed by atoms with Gasteiger partial charge in [0.2, 0.25) is 0 Å². The summed E-state index contributed by atoms with van der Waals surface area (Å²) < 4.78 is 0. The number of hydrogen-bond donors (Lipinski definition) is 0. The number of hydrogen-bond acceptors (Lipinski definition) is 3. The summed E-state index contributed by atoms with van der Waals surface area (Å²) >= 11 is 11.5. The van der Waals surface area contributed by atoms with Crippen LogP contribution >= 0.6 is 23.2 Å². The maximum absolute atomic E-state index is 12.3. The van der Waals surface area contributed by atoms with Gasteiger partial charge >= 0.3 is 0 Å². The molecule has 0 bridgehead atoms. The molecule has 1 amide bonds. The van der Waals surface area contributed by atoms with E-state index < -0.39 is 10.8 Å². The highest BCUT2D eigenvalue weighted by molar-refractivity contribution is 6.34. The van der Waals surface area contributed by atoms with Crippen LogP contribution in [-0.4, -0.2) is 34.7 Å². The highest BCUT2D eigenvalue weighted by Gasteiger charge is 2.26. The normalized spacial score (nSPS) is 10.3. The molecule has 0 saturated heterocycles. The molecule has 1 aromatic carbocycles. The Morgan fingerprint density at radius 1 is 1.47 bits per heavy atom. The fourth-order valence-electron chi connectivity index (χ4n) is 1.69. The van der Waals surface area contributed by atoms with Crippen molar-refractivity contribution in [1.82, 2.24) is 4.90 Å². The van der Waals surface area contributed by atoms with Crippen LogP contribution in [0.15, 0.2) is 18.2 Å². The first-order chi connectivity index (χ1) is 9.02. The first-order valence-corrected chi connectivity index (χ1v) is 6.72. The third-order valence-corrected chi connectivity index (χ3v) is 3.22. The minimum absolute atomic E-state index is 0.0643. The van der Waals surface area contributed by atoms with Crippen molar-refractivity contribution < 1.29 is 9.72 Å².